The molecule has 0 spiro atoms. The fraction of sp³-hybridized carbons (Fsp3) is 0.294. The van der Waals surface area contributed by atoms with Gasteiger partial charge in [0.25, 0.3) is 0 Å². The van der Waals surface area contributed by atoms with Gasteiger partial charge in [0.2, 0.25) is 0 Å². The van der Waals surface area contributed by atoms with Crippen molar-refractivity contribution in [2.45, 2.75) is 18.6 Å². The minimum atomic E-state index is -0.431. The number of hydrogen-bond donors (Lipinski definition) is 2. The van der Waals surface area contributed by atoms with Gasteiger partial charge in [-0.3, -0.25) is 0 Å². The van der Waals surface area contributed by atoms with E-state index in [1.54, 1.807) is 0 Å². The van der Waals surface area contributed by atoms with Crippen LogP contribution in [0.2, 0.25) is 0 Å². The molecular weight excluding hydrogens is 250 g/mol. The van der Waals surface area contributed by atoms with E-state index in [0.717, 1.165) is 12.1 Å². The summed E-state index contributed by atoms with van der Waals surface area (Å²) in [4.78, 5) is 0. The summed E-state index contributed by atoms with van der Waals surface area (Å²) in [6.07, 6.45) is 0.452. The van der Waals surface area contributed by atoms with Crippen molar-refractivity contribution in [2.24, 2.45) is 0 Å². The molecule has 1 fully saturated rings. The normalized spacial score (nSPS) is 21.9. The van der Waals surface area contributed by atoms with E-state index in [1.807, 2.05) is 18.2 Å². The Balaban J connectivity index is 1.77. The summed E-state index contributed by atoms with van der Waals surface area (Å²) in [7, 11) is 0. The predicted molar refractivity (Wildman–Crippen MR) is 79.9 cm³/mol. The SMILES string of the molecule is OC1COCC1Nc1ccccc1Cc1ccccc1. The molecule has 1 aliphatic heterocycles. The van der Waals surface area contributed by atoms with Crippen LogP contribution in [0.1, 0.15) is 11.1 Å². The summed E-state index contributed by atoms with van der Waals surface area (Å²) in [5.41, 5.74) is 3.59. The first-order valence-electron chi connectivity index (χ1n) is 6.97. The average molecular weight is 269 g/mol. The van der Waals surface area contributed by atoms with Crippen molar-refractivity contribution in [3.63, 3.8) is 0 Å². The number of rotatable bonds is 4. The molecule has 1 heterocycles. The Labute approximate surface area is 119 Å². The first-order chi connectivity index (χ1) is 9.83. The van der Waals surface area contributed by atoms with Crippen molar-refractivity contribution in [3.05, 3.63) is 65.7 Å². The molecular formula is C17H19NO2. The quantitative estimate of drug-likeness (QED) is 0.896. The van der Waals surface area contributed by atoms with Gasteiger partial charge in [-0.25, -0.2) is 0 Å². The average Bonchev–Trinajstić information content (AvgIpc) is 2.88. The van der Waals surface area contributed by atoms with E-state index in [-0.39, 0.29) is 6.04 Å². The molecule has 3 heteroatoms. The largest absolute Gasteiger partial charge is 0.388 e. The van der Waals surface area contributed by atoms with Crippen molar-refractivity contribution in [3.8, 4) is 0 Å². The van der Waals surface area contributed by atoms with Crippen LogP contribution in [-0.4, -0.2) is 30.5 Å². The third kappa shape index (κ3) is 3.00. The Bertz CT molecular complexity index is 556. The lowest BCUT2D eigenvalue weighted by Crippen LogP contribution is -2.32. The number of hydrogen-bond acceptors (Lipinski definition) is 3. The first kappa shape index (κ1) is 13.2. The smallest absolute Gasteiger partial charge is 0.0996 e. The van der Waals surface area contributed by atoms with Crippen LogP contribution in [0.3, 0.4) is 0 Å². The second-order valence-electron chi connectivity index (χ2n) is 5.18. The monoisotopic (exact) mass is 269 g/mol. The summed E-state index contributed by atoms with van der Waals surface area (Å²) < 4.78 is 5.29. The highest BCUT2D eigenvalue weighted by Gasteiger charge is 2.26. The molecule has 0 aliphatic carbocycles. The summed E-state index contributed by atoms with van der Waals surface area (Å²) in [5, 5.41) is 13.2. The van der Waals surface area contributed by atoms with Crippen LogP contribution in [0.4, 0.5) is 5.69 Å². The molecule has 0 aromatic heterocycles. The van der Waals surface area contributed by atoms with Crippen molar-refractivity contribution in [1.82, 2.24) is 0 Å². The van der Waals surface area contributed by atoms with E-state index >= 15 is 0 Å². The highest BCUT2D eigenvalue weighted by atomic mass is 16.5. The molecule has 3 nitrogen and oxygen atoms in total. The van der Waals surface area contributed by atoms with Crippen molar-refractivity contribution in [1.29, 1.82) is 0 Å². The molecule has 3 rings (SSSR count). The van der Waals surface area contributed by atoms with Gasteiger partial charge in [-0.1, -0.05) is 48.5 Å². The Morgan fingerprint density at radius 3 is 2.50 bits per heavy atom. The van der Waals surface area contributed by atoms with Gasteiger partial charge < -0.3 is 15.2 Å². The van der Waals surface area contributed by atoms with Crippen LogP contribution in [0.5, 0.6) is 0 Å². The van der Waals surface area contributed by atoms with E-state index in [2.05, 4.69) is 41.7 Å². The van der Waals surface area contributed by atoms with Gasteiger partial charge in [-0.15, -0.1) is 0 Å². The molecule has 2 atom stereocenters. The van der Waals surface area contributed by atoms with Crippen LogP contribution in [0, 0.1) is 0 Å². The number of anilines is 1. The van der Waals surface area contributed by atoms with Crippen molar-refractivity contribution >= 4 is 5.69 Å². The van der Waals surface area contributed by atoms with Crippen molar-refractivity contribution in [2.75, 3.05) is 18.5 Å². The zero-order valence-electron chi connectivity index (χ0n) is 11.3. The molecule has 0 amide bonds. The summed E-state index contributed by atoms with van der Waals surface area (Å²) in [6, 6.07) is 18.6. The topological polar surface area (TPSA) is 41.5 Å². The Kier molecular flexibility index (Phi) is 4.00. The molecule has 0 saturated carbocycles. The molecule has 1 saturated heterocycles. The molecule has 2 aromatic rings. The first-order valence-corrected chi connectivity index (χ1v) is 6.97. The number of benzene rings is 2. The second kappa shape index (κ2) is 6.07. The minimum Gasteiger partial charge on any atom is -0.388 e. The van der Waals surface area contributed by atoms with E-state index in [1.165, 1.54) is 11.1 Å². The maximum Gasteiger partial charge on any atom is 0.0996 e. The van der Waals surface area contributed by atoms with E-state index in [9.17, 15) is 5.11 Å². The molecule has 2 aromatic carbocycles. The summed E-state index contributed by atoms with van der Waals surface area (Å²) in [6.45, 7) is 0.972. The zero-order valence-corrected chi connectivity index (χ0v) is 11.3. The lowest BCUT2D eigenvalue weighted by Gasteiger charge is -2.19. The van der Waals surface area contributed by atoms with Crippen LogP contribution in [-0.2, 0) is 11.2 Å². The van der Waals surface area contributed by atoms with Crippen LogP contribution in [0.25, 0.3) is 0 Å². The Morgan fingerprint density at radius 2 is 1.75 bits per heavy atom. The van der Waals surface area contributed by atoms with Gasteiger partial charge in [0.15, 0.2) is 0 Å². The highest BCUT2D eigenvalue weighted by Crippen LogP contribution is 2.21. The van der Waals surface area contributed by atoms with E-state index in [4.69, 9.17) is 4.74 Å². The minimum absolute atomic E-state index is 0.0214. The molecule has 2 N–H and O–H groups in total. The number of aliphatic hydroxyl groups is 1. The lowest BCUT2D eigenvalue weighted by molar-refractivity contribution is 0.125. The van der Waals surface area contributed by atoms with Gasteiger partial charge in [0.1, 0.15) is 0 Å². The number of nitrogens with one attached hydrogen (secondary N) is 1. The fourth-order valence-corrected chi connectivity index (χ4v) is 2.51. The standard InChI is InChI=1S/C17H19NO2/c19-17-12-20-11-16(17)18-15-9-5-4-8-14(15)10-13-6-2-1-3-7-13/h1-9,16-19H,10-12H2. The van der Waals surface area contributed by atoms with E-state index < -0.39 is 6.10 Å². The number of ether oxygens (including phenoxy) is 1. The summed E-state index contributed by atoms with van der Waals surface area (Å²) >= 11 is 0. The highest BCUT2D eigenvalue weighted by molar-refractivity contribution is 5.53. The van der Waals surface area contributed by atoms with Crippen LogP contribution in [0.15, 0.2) is 54.6 Å². The van der Waals surface area contributed by atoms with Gasteiger partial charge in [0, 0.05) is 5.69 Å². The molecule has 2 unspecified atom stereocenters. The number of para-hydroxylation sites is 1. The molecule has 104 valence electrons. The van der Waals surface area contributed by atoms with Gasteiger partial charge >= 0.3 is 0 Å². The molecule has 0 bridgehead atoms. The van der Waals surface area contributed by atoms with Gasteiger partial charge in [-0.05, 0) is 23.6 Å². The maximum absolute atomic E-state index is 9.84. The third-order valence-corrected chi connectivity index (χ3v) is 3.65. The molecule has 1 aliphatic rings. The van der Waals surface area contributed by atoms with E-state index in [0.29, 0.717) is 13.2 Å². The maximum atomic E-state index is 9.84. The Hall–Kier alpha value is -1.84. The van der Waals surface area contributed by atoms with Crippen molar-refractivity contribution < 1.29 is 9.84 Å². The van der Waals surface area contributed by atoms with Gasteiger partial charge in [-0.2, -0.15) is 0 Å². The second-order valence-corrected chi connectivity index (χ2v) is 5.18. The molecule has 0 radical (unpaired) electrons. The van der Waals surface area contributed by atoms with Crippen LogP contribution >= 0.6 is 0 Å². The van der Waals surface area contributed by atoms with Gasteiger partial charge in [0.05, 0.1) is 25.4 Å². The predicted octanol–water partition coefficient (Wildman–Crippen LogP) is 2.45. The lowest BCUT2D eigenvalue weighted by atomic mass is 10.0. The fourth-order valence-electron chi connectivity index (χ4n) is 2.51. The third-order valence-electron chi connectivity index (χ3n) is 3.65. The summed E-state index contributed by atoms with van der Waals surface area (Å²) in [5.74, 6) is 0. The van der Waals surface area contributed by atoms with Crippen LogP contribution < -0.4 is 5.32 Å². The Morgan fingerprint density at radius 1 is 1.00 bits per heavy atom. The number of aliphatic hydroxyl groups excluding tert-OH is 1. The zero-order chi connectivity index (χ0) is 13.8. The molecule has 20 heavy (non-hydrogen) atoms.